The van der Waals surface area contributed by atoms with Crippen LogP contribution in [-0.4, -0.2) is 25.2 Å². The number of imide groups is 1. The smallest absolute Gasteiger partial charge is 0.413 e. The zero-order chi connectivity index (χ0) is 8.15. The van der Waals surface area contributed by atoms with Crippen LogP contribution in [0.1, 0.15) is 6.92 Å². The number of alkyl carbamates (subject to hydrolysis) is 1. The lowest BCUT2D eigenvalue weighted by Gasteiger charge is -2.03. The fourth-order valence-electron chi connectivity index (χ4n) is 0.265. The van der Waals surface area contributed by atoms with Crippen LogP contribution >= 0.6 is 0 Å². The van der Waals surface area contributed by atoms with Crippen LogP contribution < -0.4 is 11.1 Å². The molecule has 0 spiro atoms. The van der Waals surface area contributed by atoms with Gasteiger partial charge in [-0.3, -0.25) is 10.1 Å². The summed E-state index contributed by atoms with van der Waals surface area (Å²) in [7, 11) is 1.17. The molecule has 5 nitrogen and oxygen atoms in total. The monoisotopic (exact) mass is 146 g/mol. The van der Waals surface area contributed by atoms with Gasteiger partial charge in [-0.15, -0.1) is 0 Å². The molecule has 0 saturated heterocycles. The number of ether oxygens (including phenoxy) is 1. The molecular weight excluding hydrogens is 136 g/mol. The van der Waals surface area contributed by atoms with E-state index in [0.717, 1.165) is 0 Å². The fraction of sp³-hybridized carbons (Fsp3) is 0.600. The van der Waals surface area contributed by atoms with Crippen molar-refractivity contribution in [1.82, 2.24) is 5.32 Å². The Morgan fingerprint density at radius 2 is 2.10 bits per heavy atom. The van der Waals surface area contributed by atoms with Gasteiger partial charge in [0.2, 0.25) is 5.91 Å². The summed E-state index contributed by atoms with van der Waals surface area (Å²) < 4.78 is 4.14. The van der Waals surface area contributed by atoms with Gasteiger partial charge >= 0.3 is 6.09 Å². The lowest BCUT2D eigenvalue weighted by Crippen LogP contribution is -2.41. The molecule has 0 aromatic heterocycles. The Morgan fingerprint density at radius 1 is 1.60 bits per heavy atom. The molecule has 2 amide bonds. The number of nitrogens with one attached hydrogen (secondary N) is 1. The maximum absolute atomic E-state index is 10.6. The number of nitrogens with two attached hydrogens (primary N) is 1. The van der Waals surface area contributed by atoms with Crippen LogP contribution in [0.15, 0.2) is 0 Å². The number of carbonyl (C=O) groups is 2. The third-order valence-electron chi connectivity index (χ3n) is 0.824. The normalized spacial score (nSPS) is 11.9. The molecule has 0 aliphatic heterocycles. The van der Waals surface area contributed by atoms with Gasteiger partial charge in [0.1, 0.15) is 0 Å². The molecule has 3 N–H and O–H groups in total. The third kappa shape index (κ3) is 3.03. The summed E-state index contributed by atoms with van der Waals surface area (Å²) in [5.41, 5.74) is 5.12. The van der Waals surface area contributed by atoms with Gasteiger partial charge in [-0.1, -0.05) is 0 Å². The highest BCUT2D eigenvalue weighted by Gasteiger charge is 2.10. The predicted molar refractivity (Wildman–Crippen MR) is 34.2 cm³/mol. The van der Waals surface area contributed by atoms with Crippen LogP contribution in [0.5, 0.6) is 0 Å². The second-order valence-corrected chi connectivity index (χ2v) is 1.77. The standard InChI is InChI=1S/C5H10N2O3/c1-3(6)4(8)7-5(9)10-2/h3H,6H2,1-2H3,(H,7,8,9). The number of carbonyl (C=O) groups excluding carboxylic acids is 2. The van der Waals surface area contributed by atoms with E-state index in [-0.39, 0.29) is 0 Å². The highest BCUT2D eigenvalue weighted by atomic mass is 16.5. The van der Waals surface area contributed by atoms with E-state index in [2.05, 4.69) is 4.74 Å². The molecule has 10 heavy (non-hydrogen) atoms. The number of hydrogen-bond acceptors (Lipinski definition) is 4. The summed E-state index contributed by atoms with van der Waals surface area (Å²) in [6.45, 7) is 1.47. The molecule has 1 atom stereocenters. The highest BCUT2D eigenvalue weighted by molar-refractivity contribution is 5.94. The van der Waals surface area contributed by atoms with Crippen LogP contribution in [0.4, 0.5) is 4.79 Å². The van der Waals surface area contributed by atoms with Gasteiger partial charge in [-0.2, -0.15) is 0 Å². The maximum atomic E-state index is 10.6. The van der Waals surface area contributed by atoms with E-state index in [9.17, 15) is 9.59 Å². The van der Waals surface area contributed by atoms with E-state index in [0.29, 0.717) is 0 Å². The highest BCUT2D eigenvalue weighted by Crippen LogP contribution is 1.76. The van der Waals surface area contributed by atoms with Gasteiger partial charge in [0.25, 0.3) is 0 Å². The van der Waals surface area contributed by atoms with Crippen molar-refractivity contribution in [2.24, 2.45) is 5.73 Å². The summed E-state index contributed by atoms with van der Waals surface area (Å²) in [4.78, 5) is 20.9. The molecule has 0 saturated carbocycles. The second kappa shape index (κ2) is 3.84. The van der Waals surface area contributed by atoms with Crippen molar-refractivity contribution < 1.29 is 14.3 Å². The molecule has 0 aromatic rings. The first-order chi connectivity index (χ1) is 4.57. The van der Waals surface area contributed by atoms with Gasteiger partial charge < -0.3 is 10.5 Å². The van der Waals surface area contributed by atoms with E-state index in [1.807, 2.05) is 5.32 Å². The minimum Gasteiger partial charge on any atom is -0.453 e. The topological polar surface area (TPSA) is 81.4 Å². The predicted octanol–water partition coefficient (Wildman–Crippen LogP) is -0.784. The van der Waals surface area contributed by atoms with E-state index >= 15 is 0 Å². The van der Waals surface area contributed by atoms with Crippen molar-refractivity contribution in [3.05, 3.63) is 0 Å². The van der Waals surface area contributed by atoms with Gasteiger partial charge in [0, 0.05) is 0 Å². The van der Waals surface area contributed by atoms with Crippen molar-refractivity contribution >= 4 is 12.0 Å². The molecule has 5 heteroatoms. The van der Waals surface area contributed by atoms with E-state index in [1.165, 1.54) is 14.0 Å². The Kier molecular flexibility index (Phi) is 3.42. The Balaban J connectivity index is 3.69. The average Bonchev–Trinajstić information content (AvgIpc) is 1.87. The lowest BCUT2D eigenvalue weighted by atomic mass is 10.3. The Hall–Kier alpha value is -1.10. The molecular formula is C5H10N2O3. The second-order valence-electron chi connectivity index (χ2n) is 1.77. The van der Waals surface area contributed by atoms with Crippen molar-refractivity contribution in [2.75, 3.05) is 7.11 Å². The number of amides is 2. The maximum Gasteiger partial charge on any atom is 0.413 e. The van der Waals surface area contributed by atoms with Crippen molar-refractivity contribution in [3.63, 3.8) is 0 Å². The third-order valence-corrected chi connectivity index (χ3v) is 0.824. The first-order valence-corrected chi connectivity index (χ1v) is 2.72. The van der Waals surface area contributed by atoms with Crippen LogP contribution in [0.2, 0.25) is 0 Å². The molecule has 0 aromatic carbocycles. The van der Waals surface area contributed by atoms with Gasteiger partial charge in [-0.25, -0.2) is 4.79 Å². The quantitative estimate of drug-likeness (QED) is 0.508. The Bertz CT molecular complexity index is 144. The SMILES string of the molecule is COC(=O)NC(=O)C(C)N. The zero-order valence-electron chi connectivity index (χ0n) is 5.88. The first kappa shape index (κ1) is 8.90. The van der Waals surface area contributed by atoms with Crippen LogP contribution in [0.3, 0.4) is 0 Å². The fourth-order valence-corrected chi connectivity index (χ4v) is 0.265. The van der Waals surface area contributed by atoms with Crippen LogP contribution in [0.25, 0.3) is 0 Å². The molecule has 0 aliphatic rings. The Morgan fingerprint density at radius 3 is 2.40 bits per heavy atom. The summed E-state index contributed by atoms with van der Waals surface area (Å²) in [6, 6.07) is -0.695. The summed E-state index contributed by atoms with van der Waals surface area (Å²) in [5, 5.41) is 1.90. The molecule has 0 fully saturated rings. The Labute approximate surface area is 58.5 Å². The number of rotatable bonds is 1. The molecule has 0 rings (SSSR count). The van der Waals surface area contributed by atoms with Crippen molar-refractivity contribution in [1.29, 1.82) is 0 Å². The van der Waals surface area contributed by atoms with Crippen molar-refractivity contribution in [3.8, 4) is 0 Å². The van der Waals surface area contributed by atoms with Crippen LogP contribution in [0, 0.1) is 0 Å². The lowest BCUT2D eigenvalue weighted by molar-refractivity contribution is -0.121. The minimum atomic E-state index is -0.790. The van der Waals surface area contributed by atoms with Gasteiger partial charge in [0.05, 0.1) is 13.2 Å². The summed E-state index contributed by atoms with van der Waals surface area (Å²) in [5.74, 6) is -0.549. The molecule has 0 bridgehead atoms. The van der Waals surface area contributed by atoms with Crippen LogP contribution in [-0.2, 0) is 9.53 Å². The first-order valence-electron chi connectivity index (χ1n) is 2.72. The molecule has 0 aliphatic carbocycles. The molecule has 0 radical (unpaired) electrons. The van der Waals surface area contributed by atoms with E-state index in [1.54, 1.807) is 0 Å². The summed E-state index contributed by atoms with van der Waals surface area (Å²) >= 11 is 0. The summed E-state index contributed by atoms with van der Waals surface area (Å²) in [6.07, 6.45) is -0.790. The molecule has 0 heterocycles. The molecule has 58 valence electrons. The minimum absolute atomic E-state index is 0.549. The zero-order valence-corrected chi connectivity index (χ0v) is 5.88. The average molecular weight is 146 g/mol. The number of hydrogen-bond donors (Lipinski definition) is 2. The van der Waals surface area contributed by atoms with Crippen molar-refractivity contribution in [2.45, 2.75) is 13.0 Å². The van der Waals surface area contributed by atoms with Gasteiger partial charge in [0.15, 0.2) is 0 Å². The largest absolute Gasteiger partial charge is 0.453 e. The van der Waals surface area contributed by atoms with Gasteiger partial charge in [-0.05, 0) is 6.92 Å². The van der Waals surface area contributed by atoms with E-state index < -0.39 is 18.0 Å². The number of methoxy groups -OCH3 is 1. The molecule has 1 unspecified atom stereocenters. The van der Waals surface area contributed by atoms with E-state index in [4.69, 9.17) is 5.73 Å².